The minimum Gasteiger partial charge on any atom is -0.478 e. The second kappa shape index (κ2) is 6.02. The van der Waals surface area contributed by atoms with Gasteiger partial charge in [0.1, 0.15) is 12.7 Å². The Labute approximate surface area is 97.7 Å². The molecule has 0 aliphatic carbocycles. The minimum atomic E-state index is -0.985. The number of aliphatic carboxylic acids is 1. The Balaban J connectivity index is 2.34. The van der Waals surface area contributed by atoms with Gasteiger partial charge < -0.3 is 5.11 Å². The molecular formula is C9H11ClN4O2. The Morgan fingerprint density at radius 1 is 1.50 bits per heavy atom. The van der Waals surface area contributed by atoms with Crippen molar-refractivity contribution in [2.75, 3.05) is 11.0 Å². The van der Waals surface area contributed by atoms with E-state index in [-0.39, 0.29) is 5.57 Å². The molecule has 86 valence electrons. The van der Waals surface area contributed by atoms with Gasteiger partial charge in [0.25, 0.3) is 0 Å². The first kappa shape index (κ1) is 12.4. The molecule has 0 aliphatic heterocycles. The van der Waals surface area contributed by atoms with Gasteiger partial charge in [0.2, 0.25) is 5.95 Å². The summed E-state index contributed by atoms with van der Waals surface area (Å²) in [5.74, 6) is -0.640. The highest BCUT2D eigenvalue weighted by Gasteiger charge is 2.08. The van der Waals surface area contributed by atoms with E-state index in [1.165, 1.54) is 17.1 Å². The van der Waals surface area contributed by atoms with Gasteiger partial charge in [0.15, 0.2) is 0 Å². The third-order valence-electron chi connectivity index (χ3n) is 1.83. The molecule has 0 unspecified atom stereocenters. The van der Waals surface area contributed by atoms with Gasteiger partial charge in [-0.3, -0.25) is 4.42 Å². The Bertz CT molecular complexity index is 371. The number of carboxylic acids is 1. The third kappa shape index (κ3) is 3.82. The van der Waals surface area contributed by atoms with Crippen LogP contribution in [0.2, 0.25) is 0 Å². The Kier molecular flexibility index (Phi) is 4.65. The van der Waals surface area contributed by atoms with Crippen molar-refractivity contribution in [1.29, 1.82) is 0 Å². The summed E-state index contributed by atoms with van der Waals surface area (Å²) in [6.07, 6.45) is 3.63. The standard InChI is InChI=1S/C9H11ClN4O2/c1-7(8(15)16)3-2-4-14(10)9-12-5-11-6-13-9/h5-6H,1-4H2,(H,15,16). The molecule has 0 fully saturated rings. The lowest BCUT2D eigenvalue weighted by atomic mass is 10.2. The first-order valence-corrected chi connectivity index (χ1v) is 4.91. The van der Waals surface area contributed by atoms with Crippen LogP contribution in [0.5, 0.6) is 0 Å². The summed E-state index contributed by atoms with van der Waals surface area (Å²) in [4.78, 5) is 21.8. The smallest absolute Gasteiger partial charge is 0.330 e. The summed E-state index contributed by atoms with van der Waals surface area (Å²) in [6, 6.07) is 0. The molecule has 0 aromatic carbocycles. The summed E-state index contributed by atoms with van der Waals surface area (Å²) in [5.41, 5.74) is 0.167. The van der Waals surface area contributed by atoms with Crippen LogP contribution >= 0.6 is 11.8 Å². The molecule has 1 heterocycles. The number of rotatable bonds is 6. The van der Waals surface area contributed by atoms with E-state index in [1.807, 2.05) is 0 Å². The van der Waals surface area contributed by atoms with E-state index >= 15 is 0 Å². The fourth-order valence-electron chi connectivity index (χ4n) is 0.997. The zero-order valence-electron chi connectivity index (χ0n) is 8.51. The van der Waals surface area contributed by atoms with Crippen LogP contribution < -0.4 is 4.42 Å². The summed E-state index contributed by atoms with van der Waals surface area (Å²) in [5, 5.41) is 8.59. The maximum absolute atomic E-state index is 10.5. The van der Waals surface area contributed by atoms with Crippen molar-refractivity contribution in [2.45, 2.75) is 12.8 Å². The normalized spacial score (nSPS) is 9.81. The molecule has 16 heavy (non-hydrogen) atoms. The Morgan fingerprint density at radius 3 is 2.69 bits per heavy atom. The number of nitrogens with zero attached hydrogens (tertiary/aromatic N) is 4. The number of anilines is 1. The van der Waals surface area contributed by atoms with Crippen LogP contribution in [0.1, 0.15) is 12.8 Å². The molecule has 1 N–H and O–H groups in total. The number of hydrogen-bond acceptors (Lipinski definition) is 5. The highest BCUT2D eigenvalue weighted by Crippen LogP contribution is 2.10. The van der Waals surface area contributed by atoms with Crippen molar-refractivity contribution < 1.29 is 9.90 Å². The highest BCUT2D eigenvalue weighted by atomic mass is 35.5. The second-order valence-corrected chi connectivity index (χ2v) is 3.44. The van der Waals surface area contributed by atoms with Gasteiger partial charge in [0.05, 0.1) is 0 Å². The molecule has 0 saturated carbocycles. The lowest BCUT2D eigenvalue weighted by molar-refractivity contribution is -0.132. The van der Waals surface area contributed by atoms with Crippen LogP contribution in [0.4, 0.5) is 5.95 Å². The third-order valence-corrected chi connectivity index (χ3v) is 2.15. The number of aromatic nitrogens is 3. The van der Waals surface area contributed by atoms with Crippen molar-refractivity contribution in [3.05, 3.63) is 24.8 Å². The van der Waals surface area contributed by atoms with E-state index < -0.39 is 5.97 Å². The second-order valence-electron chi connectivity index (χ2n) is 3.04. The first-order chi connectivity index (χ1) is 7.61. The van der Waals surface area contributed by atoms with Gasteiger partial charge in [-0.25, -0.2) is 19.7 Å². The Hall–Kier alpha value is -1.69. The summed E-state index contributed by atoms with van der Waals surface area (Å²) >= 11 is 5.87. The molecule has 0 bridgehead atoms. The van der Waals surface area contributed by atoms with Gasteiger partial charge in [-0.2, -0.15) is 0 Å². The van der Waals surface area contributed by atoms with E-state index in [0.29, 0.717) is 25.3 Å². The number of carboxylic acid groups (broad SMARTS) is 1. The van der Waals surface area contributed by atoms with E-state index in [1.54, 1.807) is 0 Å². The van der Waals surface area contributed by atoms with Crippen LogP contribution in [0.25, 0.3) is 0 Å². The lowest BCUT2D eigenvalue weighted by Gasteiger charge is -2.12. The van der Waals surface area contributed by atoms with Crippen LogP contribution in [0.3, 0.4) is 0 Å². The molecule has 0 spiro atoms. The van der Waals surface area contributed by atoms with Crippen LogP contribution in [0, 0.1) is 0 Å². The van der Waals surface area contributed by atoms with Gasteiger partial charge in [-0.1, -0.05) is 6.58 Å². The monoisotopic (exact) mass is 242 g/mol. The van der Waals surface area contributed by atoms with Crippen LogP contribution in [-0.4, -0.2) is 32.6 Å². The lowest BCUT2D eigenvalue weighted by Crippen LogP contribution is -2.15. The molecule has 0 amide bonds. The quantitative estimate of drug-likeness (QED) is 0.598. The number of hydrogen-bond donors (Lipinski definition) is 1. The van der Waals surface area contributed by atoms with E-state index in [9.17, 15) is 4.79 Å². The van der Waals surface area contributed by atoms with Crippen LogP contribution in [-0.2, 0) is 4.79 Å². The van der Waals surface area contributed by atoms with Gasteiger partial charge in [0, 0.05) is 23.9 Å². The zero-order chi connectivity index (χ0) is 12.0. The average molecular weight is 243 g/mol. The van der Waals surface area contributed by atoms with Crippen LogP contribution in [0.15, 0.2) is 24.8 Å². The summed E-state index contributed by atoms with van der Waals surface area (Å²) < 4.78 is 1.32. The molecule has 0 atom stereocenters. The molecule has 1 rings (SSSR count). The van der Waals surface area contributed by atoms with Crippen molar-refractivity contribution in [2.24, 2.45) is 0 Å². The average Bonchev–Trinajstić information content (AvgIpc) is 2.29. The molecule has 1 aromatic rings. The summed E-state index contributed by atoms with van der Waals surface area (Å²) in [7, 11) is 0. The summed E-state index contributed by atoms with van der Waals surface area (Å²) in [6.45, 7) is 3.86. The van der Waals surface area contributed by atoms with Crippen molar-refractivity contribution in [3.63, 3.8) is 0 Å². The van der Waals surface area contributed by atoms with E-state index in [0.717, 1.165) is 0 Å². The molecule has 0 radical (unpaired) electrons. The molecule has 0 saturated heterocycles. The molecule has 0 aliphatic rings. The molecule has 7 heteroatoms. The fourth-order valence-corrected chi connectivity index (χ4v) is 1.20. The highest BCUT2D eigenvalue weighted by molar-refractivity contribution is 6.24. The van der Waals surface area contributed by atoms with E-state index in [4.69, 9.17) is 16.9 Å². The zero-order valence-corrected chi connectivity index (χ0v) is 9.26. The predicted octanol–water partition coefficient (Wildman–Crippen LogP) is 1.25. The maximum Gasteiger partial charge on any atom is 0.330 e. The van der Waals surface area contributed by atoms with Gasteiger partial charge >= 0.3 is 5.97 Å². The van der Waals surface area contributed by atoms with Crippen molar-refractivity contribution >= 4 is 23.7 Å². The first-order valence-electron chi connectivity index (χ1n) is 4.57. The Morgan fingerprint density at radius 2 is 2.12 bits per heavy atom. The maximum atomic E-state index is 10.5. The molecular weight excluding hydrogens is 232 g/mol. The minimum absolute atomic E-state index is 0.167. The topological polar surface area (TPSA) is 79.2 Å². The number of carbonyl (C=O) groups is 1. The largest absolute Gasteiger partial charge is 0.478 e. The van der Waals surface area contributed by atoms with Crippen molar-refractivity contribution in [1.82, 2.24) is 15.0 Å². The van der Waals surface area contributed by atoms with E-state index in [2.05, 4.69) is 21.5 Å². The van der Waals surface area contributed by atoms with Gasteiger partial charge in [-0.05, 0) is 12.8 Å². The molecule has 1 aromatic heterocycles. The van der Waals surface area contributed by atoms with Gasteiger partial charge in [-0.15, -0.1) is 0 Å². The predicted molar refractivity (Wildman–Crippen MR) is 59.0 cm³/mol. The fraction of sp³-hybridized carbons (Fsp3) is 0.333. The molecule has 6 nitrogen and oxygen atoms in total. The van der Waals surface area contributed by atoms with Crippen molar-refractivity contribution in [3.8, 4) is 0 Å². The number of halogens is 1. The SMILES string of the molecule is C=C(CCCN(Cl)c1ncncn1)C(=O)O.